The third-order valence-corrected chi connectivity index (χ3v) is 1.68. The van der Waals surface area contributed by atoms with Gasteiger partial charge in [0.25, 0.3) is 0 Å². The Morgan fingerprint density at radius 1 is 1.78 bits per heavy atom. The molecule has 0 bridgehead atoms. The highest BCUT2D eigenvalue weighted by atomic mass is 16.3. The monoisotopic (exact) mass is 129 g/mol. The smallest absolute Gasteiger partial charge is 0.0947 e. The fourth-order valence-corrected chi connectivity index (χ4v) is 0.472. The van der Waals surface area contributed by atoms with E-state index in [1.807, 2.05) is 19.9 Å². The van der Waals surface area contributed by atoms with E-state index in [-0.39, 0.29) is 6.54 Å². The number of hydrogen-bond acceptors (Lipinski definition) is 2. The largest absolute Gasteiger partial charge is 0.384 e. The summed E-state index contributed by atoms with van der Waals surface area (Å²) in [6, 6.07) is 0. The van der Waals surface area contributed by atoms with Gasteiger partial charge in [-0.1, -0.05) is 6.08 Å². The van der Waals surface area contributed by atoms with Crippen molar-refractivity contribution in [2.24, 2.45) is 5.73 Å². The quantitative estimate of drug-likeness (QED) is 0.538. The van der Waals surface area contributed by atoms with E-state index in [9.17, 15) is 5.11 Å². The summed E-state index contributed by atoms with van der Waals surface area (Å²) in [7, 11) is 0. The second-order valence-corrected chi connectivity index (χ2v) is 2.45. The molecule has 0 amide bonds. The molecule has 0 aromatic carbocycles. The highest BCUT2D eigenvalue weighted by Gasteiger charge is 2.18. The second kappa shape index (κ2) is 2.99. The summed E-state index contributed by atoms with van der Waals surface area (Å²) >= 11 is 0. The molecule has 0 rings (SSSR count). The van der Waals surface area contributed by atoms with Crippen molar-refractivity contribution in [1.82, 2.24) is 0 Å². The first-order valence-electron chi connectivity index (χ1n) is 3.10. The first-order valence-corrected chi connectivity index (χ1v) is 3.10. The molecule has 0 saturated carbocycles. The normalized spacial score (nSPS) is 19.4. The number of rotatable bonds is 2. The van der Waals surface area contributed by atoms with Gasteiger partial charge in [0.15, 0.2) is 0 Å². The van der Waals surface area contributed by atoms with Gasteiger partial charge in [-0.15, -0.1) is 0 Å². The Morgan fingerprint density at radius 3 is 2.33 bits per heavy atom. The van der Waals surface area contributed by atoms with Crippen LogP contribution < -0.4 is 5.73 Å². The molecule has 0 aliphatic heterocycles. The van der Waals surface area contributed by atoms with Crippen molar-refractivity contribution in [3.8, 4) is 0 Å². The number of hydrogen-bond donors (Lipinski definition) is 2. The van der Waals surface area contributed by atoms with Gasteiger partial charge in [0, 0.05) is 6.54 Å². The molecule has 0 aliphatic carbocycles. The zero-order chi connectivity index (χ0) is 7.49. The molecule has 0 saturated heterocycles. The van der Waals surface area contributed by atoms with Crippen molar-refractivity contribution in [2.75, 3.05) is 6.54 Å². The van der Waals surface area contributed by atoms with Crippen molar-refractivity contribution in [2.45, 2.75) is 26.4 Å². The maximum absolute atomic E-state index is 9.40. The number of nitrogens with two attached hydrogens (primary N) is 1. The van der Waals surface area contributed by atoms with Crippen molar-refractivity contribution in [3.63, 3.8) is 0 Å². The molecular weight excluding hydrogens is 114 g/mol. The van der Waals surface area contributed by atoms with Gasteiger partial charge in [0.2, 0.25) is 0 Å². The molecule has 0 aliphatic rings. The molecule has 9 heavy (non-hydrogen) atoms. The van der Waals surface area contributed by atoms with E-state index in [1.165, 1.54) is 0 Å². The SMILES string of the molecule is C/C=C(/C)C(C)(O)CN. The first-order chi connectivity index (χ1) is 4.04. The van der Waals surface area contributed by atoms with Crippen LogP contribution in [0, 0.1) is 0 Å². The lowest BCUT2D eigenvalue weighted by Crippen LogP contribution is -2.35. The fourth-order valence-electron chi connectivity index (χ4n) is 0.472. The van der Waals surface area contributed by atoms with Gasteiger partial charge < -0.3 is 10.8 Å². The molecule has 0 heterocycles. The van der Waals surface area contributed by atoms with Crippen LogP contribution in [0.5, 0.6) is 0 Å². The second-order valence-electron chi connectivity index (χ2n) is 2.45. The molecule has 1 atom stereocenters. The van der Waals surface area contributed by atoms with E-state index in [4.69, 9.17) is 5.73 Å². The van der Waals surface area contributed by atoms with Gasteiger partial charge in [-0.25, -0.2) is 0 Å². The molecule has 3 N–H and O–H groups in total. The standard InChI is InChI=1S/C7H15NO/c1-4-6(2)7(3,9)5-8/h4,9H,5,8H2,1-3H3/b6-4-. The van der Waals surface area contributed by atoms with E-state index in [2.05, 4.69) is 0 Å². The van der Waals surface area contributed by atoms with Crippen LogP contribution in [0.4, 0.5) is 0 Å². The average molecular weight is 129 g/mol. The van der Waals surface area contributed by atoms with Crippen LogP contribution in [-0.2, 0) is 0 Å². The van der Waals surface area contributed by atoms with Crippen molar-refractivity contribution in [1.29, 1.82) is 0 Å². The lowest BCUT2D eigenvalue weighted by molar-refractivity contribution is 0.108. The molecule has 0 fully saturated rings. The Balaban J connectivity index is 4.14. The summed E-state index contributed by atoms with van der Waals surface area (Å²) in [5.74, 6) is 0. The Morgan fingerprint density at radius 2 is 2.22 bits per heavy atom. The molecule has 54 valence electrons. The van der Waals surface area contributed by atoms with Crippen LogP contribution in [0.15, 0.2) is 11.6 Å². The third-order valence-electron chi connectivity index (χ3n) is 1.68. The maximum atomic E-state index is 9.40. The van der Waals surface area contributed by atoms with Gasteiger partial charge >= 0.3 is 0 Å². The van der Waals surface area contributed by atoms with E-state index in [1.54, 1.807) is 6.92 Å². The van der Waals surface area contributed by atoms with Crippen LogP contribution >= 0.6 is 0 Å². The molecule has 0 radical (unpaired) electrons. The highest BCUT2D eigenvalue weighted by molar-refractivity contribution is 5.11. The molecule has 2 heteroatoms. The lowest BCUT2D eigenvalue weighted by Gasteiger charge is -2.21. The predicted molar refractivity (Wildman–Crippen MR) is 39.1 cm³/mol. The molecular formula is C7H15NO. The minimum Gasteiger partial charge on any atom is -0.384 e. The Kier molecular flexibility index (Phi) is 2.88. The van der Waals surface area contributed by atoms with E-state index >= 15 is 0 Å². The summed E-state index contributed by atoms with van der Waals surface area (Å²) in [5.41, 5.74) is 5.40. The summed E-state index contributed by atoms with van der Waals surface area (Å²) in [4.78, 5) is 0. The summed E-state index contributed by atoms with van der Waals surface area (Å²) in [6.45, 7) is 5.75. The van der Waals surface area contributed by atoms with Crippen LogP contribution in [0.1, 0.15) is 20.8 Å². The molecule has 0 aromatic rings. The van der Waals surface area contributed by atoms with Crippen LogP contribution in [-0.4, -0.2) is 17.3 Å². The van der Waals surface area contributed by atoms with Crippen molar-refractivity contribution in [3.05, 3.63) is 11.6 Å². The molecule has 0 aromatic heterocycles. The minimum absolute atomic E-state index is 0.281. The third kappa shape index (κ3) is 2.16. The van der Waals surface area contributed by atoms with Crippen LogP contribution in [0.3, 0.4) is 0 Å². The van der Waals surface area contributed by atoms with Crippen LogP contribution in [0.2, 0.25) is 0 Å². The zero-order valence-corrected chi connectivity index (χ0v) is 6.31. The first kappa shape index (κ1) is 8.66. The summed E-state index contributed by atoms with van der Waals surface area (Å²) < 4.78 is 0. The van der Waals surface area contributed by atoms with E-state index < -0.39 is 5.60 Å². The van der Waals surface area contributed by atoms with Crippen molar-refractivity contribution >= 4 is 0 Å². The van der Waals surface area contributed by atoms with Gasteiger partial charge in [-0.3, -0.25) is 0 Å². The van der Waals surface area contributed by atoms with Gasteiger partial charge in [-0.05, 0) is 26.3 Å². The van der Waals surface area contributed by atoms with Gasteiger partial charge in [-0.2, -0.15) is 0 Å². The topological polar surface area (TPSA) is 46.2 Å². The minimum atomic E-state index is -0.811. The summed E-state index contributed by atoms with van der Waals surface area (Å²) in [6.07, 6.45) is 1.87. The molecule has 2 nitrogen and oxygen atoms in total. The highest BCUT2D eigenvalue weighted by Crippen LogP contribution is 2.12. The number of aliphatic hydroxyl groups is 1. The van der Waals surface area contributed by atoms with Gasteiger partial charge in [0.05, 0.1) is 5.60 Å². The summed E-state index contributed by atoms with van der Waals surface area (Å²) in [5, 5.41) is 9.40. The van der Waals surface area contributed by atoms with E-state index in [0.717, 1.165) is 5.57 Å². The average Bonchev–Trinajstić information content (AvgIpc) is 1.86. The van der Waals surface area contributed by atoms with Gasteiger partial charge in [0.1, 0.15) is 0 Å². The van der Waals surface area contributed by atoms with E-state index in [0.29, 0.717) is 0 Å². The Labute approximate surface area is 56.4 Å². The Hall–Kier alpha value is -0.340. The predicted octanol–water partition coefficient (Wildman–Crippen LogP) is 0.662. The molecule has 0 spiro atoms. The molecule has 1 unspecified atom stereocenters. The maximum Gasteiger partial charge on any atom is 0.0947 e. The fraction of sp³-hybridized carbons (Fsp3) is 0.714. The zero-order valence-electron chi connectivity index (χ0n) is 6.31. The Bertz CT molecular complexity index is 116. The lowest BCUT2D eigenvalue weighted by atomic mass is 9.98. The van der Waals surface area contributed by atoms with Crippen molar-refractivity contribution < 1.29 is 5.11 Å². The van der Waals surface area contributed by atoms with Crippen LogP contribution in [0.25, 0.3) is 0 Å². The number of allylic oxidation sites excluding steroid dienone is 1.